The summed E-state index contributed by atoms with van der Waals surface area (Å²) < 4.78 is 67.0. The van der Waals surface area contributed by atoms with E-state index in [9.17, 15) is 26.7 Å². The highest BCUT2D eigenvalue weighted by molar-refractivity contribution is 5.75. The third-order valence-corrected chi connectivity index (χ3v) is 4.66. The second-order valence-electron chi connectivity index (χ2n) is 6.83. The molecule has 1 heterocycles. The van der Waals surface area contributed by atoms with Crippen molar-refractivity contribution in [3.8, 4) is 5.88 Å². The largest absolute Gasteiger partial charge is 0.468 e. The lowest BCUT2D eigenvalue weighted by Gasteiger charge is -2.40. The molecule has 0 bridgehead atoms. The Kier molecular flexibility index (Phi) is 4.70. The fourth-order valence-corrected chi connectivity index (χ4v) is 3.07. The molecule has 0 spiro atoms. The maximum atomic E-state index is 13.0. The van der Waals surface area contributed by atoms with Gasteiger partial charge in [-0.2, -0.15) is 13.2 Å². The van der Waals surface area contributed by atoms with Crippen molar-refractivity contribution >= 4 is 6.03 Å². The van der Waals surface area contributed by atoms with E-state index in [1.54, 1.807) is 0 Å². The molecule has 0 aliphatic heterocycles. The summed E-state index contributed by atoms with van der Waals surface area (Å²) in [7, 11) is 0. The Morgan fingerprint density at radius 3 is 2.58 bits per heavy atom. The maximum absolute atomic E-state index is 13.0. The van der Waals surface area contributed by atoms with Crippen LogP contribution < -0.4 is 15.4 Å². The van der Waals surface area contributed by atoms with E-state index in [0.29, 0.717) is 18.4 Å². The average molecular weight is 379 g/mol. The number of halogens is 5. The summed E-state index contributed by atoms with van der Waals surface area (Å²) in [5.74, 6) is -3.05. The van der Waals surface area contributed by atoms with Gasteiger partial charge in [-0.25, -0.2) is 18.6 Å². The predicted molar refractivity (Wildman–Crippen MR) is 80.8 cm³/mol. The number of amides is 2. The first-order chi connectivity index (χ1) is 12.1. The van der Waals surface area contributed by atoms with Gasteiger partial charge in [0, 0.05) is 37.2 Å². The fraction of sp³-hybridized carbons (Fsp3) is 0.625. The Morgan fingerprint density at radius 1 is 1.31 bits per heavy atom. The smallest absolute Gasteiger partial charge is 0.422 e. The number of carbonyl (C=O) groups excluding carboxylic acids is 1. The van der Waals surface area contributed by atoms with Crippen LogP contribution in [0.5, 0.6) is 5.88 Å². The van der Waals surface area contributed by atoms with Crippen LogP contribution in [-0.2, 0) is 6.54 Å². The highest BCUT2D eigenvalue weighted by Gasteiger charge is 2.60. The summed E-state index contributed by atoms with van der Waals surface area (Å²) >= 11 is 0. The second kappa shape index (κ2) is 6.55. The lowest BCUT2D eigenvalue weighted by molar-refractivity contribution is -0.154. The molecule has 2 saturated carbocycles. The molecular formula is C16H18F5N3O2. The zero-order valence-electron chi connectivity index (χ0n) is 13.7. The summed E-state index contributed by atoms with van der Waals surface area (Å²) in [6.07, 6.45) is -2.26. The molecule has 3 rings (SSSR count). The van der Waals surface area contributed by atoms with Crippen molar-refractivity contribution in [2.75, 3.05) is 6.61 Å². The molecule has 2 fully saturated rings. The molecule has 5 nitrogen and oxygen atoms in total. The van der Waals surface area contributed by atoms with Crippen molar-refractivity contribution in [1.29, 1.82) is 0 Å². The molecule has 144 valence electrons. The van der Waals surface area contributed by atoms with Crippen molar-refractivity contribution in [3.05, 3.63) is 23.9 Å². The SMILES string of the molecule is O=C(NCc1ccnc(OCC(F)(F)F)c1)NC1(C2CC(F)(F)C2)CC1. The van der Waals surface area contributed by atoms with Crippen LogP contribution in [0.3, 0.4) is 0 Å². The van der Waals surface area contributed by atoms with Gasteiger partial charge in [0.15, 0.2) is 6.61 Å². The van der Waals surface area contributed by atoms with Crippen LogP contribution in [0.15, 0.2) is 18.3 Å². The molecule has 2 amide bonds. The van der Waals surface area contributed by atoms with Gasteiger partial charge in [-0.05, 0) is 30.4 Å². The number of hydrogen-bond acceptors (Lipinski definition) is 3. The van der Waals surface area contributed by atoms with Gasteiger partial charge >= 0.3 is 12.2 Å². The lowest BCUT2D eigenvalue weighted by atomic mass is 9.74. The van der Waals surface area contributed by atoms with E-state index >= 15 is 0 Å². The van der Waals surface area contributed by atoms with E-state index in [4.69, 9.17) is 0 Å². The minimum absolute atomic E-state index is 0.0492. The van der Waals surface area contributed by atoms with Crippen molar-refractivity contribution < 1.29 is 31.5 Å². The van der Waals surface area contributed by atoms with E-state index in [0.717, 1.165) is 0 Å². The zero-order valence-corrected chi connectivity index (χ0v) is 13.7. The van der Waals surface area contributed by atoms with Gasteiger partial charge in [-0.3, -0.25) is 0 Å². The number of pyridine rings is 1. The molecule has 0 radical (unpaired) electrons. The predicted octanol–water partition coefficient (Wildman–Crippen LogP) is 3.40. The van der Waals surface area contributed by atoms with Crippen LogP contribution in [-0.4, -0.2) is 35.3 Å². The Bertz CT molecular complexity index is 668. The van der Waals surface area contributed by atoms with Gasteiger partial charge in [0.2, 0.25) is 11.8 Å². The van der Waals surface area contributed by atoms with E-state index in [-0.39, 0.29) is 31.2 Å². The number of aromatic nitrogens is 1. The van der Waals surface area contributed by atoms with Gasteiger partial charge in [-0.15, -0.1) is 0 Å². The van der Waals surface area contributed by atoms with E-state index in [2.05, 4.69) is 20.4 Å². The van der Waals surface area contributed by atoms with Crippen molar-refractivity contribution in [1.82, 2.24) is 15.6 Å². The summed E-state index contributed by atoms with van der Waals surface area (Å²) in [5.41, 5.74) is -0.0438. The van der Waals surface area contributed by atoms with E-state index in [1.807, 2.05) is 0 Å². The minimum Gasteiger partial charge on any atom is -0.468 e. The molecule has 2 N–H and O–H groups in total. The Labute approximate surface area is 146 Å². The molecule has 0 saturated heterocycles. The number of nitrogens with zero attached hydrogens (tertiary/aromatic N) is 1. The molecule has 0 aromatic carbocycles. The highest BCUT2D eigenvalue weighted by atomic mass is 19.4. The highest BCUT2D eigenvalue weighted by Crippen LogP contribution is 2.56. The standard InChI is InChI=1S/C16H18F5N3O2/c17-15(18)6-11(7-15)14(2-3-14)24-13(25)23-8-10-1-4-22-12(5-10)26-9-16(19,20)21/h1,4-5,11H,2-3,6-9H2,(H2,23,24,25). The molecule has 1 aromatic heterocycles. The minimum atomic E-state index is -4.47. The Hall–Kier alpha value is -2.13. The van der Waals surface area contributed by atoms with Crippen molar-refractivity contribution in [2.45, 2.75) is 49.9 Å². The Morgan fingerprint density at radius 2 is 2.00 bits per heavy atom. The van der Waals surface area contributed by atoms with E-state index < -0.39 is 30.3 Å². The van der Waals surface area contributed by atoms with Crippen LogP contribution in [0, 0.1) is 5.92 Å². The molecule has 0 unspecified atom stereocenters. The normalized spacial score (nSPS) is 20.8. The number of alkyl halides is 5. The zero-order chi connectivity index (χ0) is 19.0. The third-order valence-electron chi connectivity index (χ3n) is 4.66. The Balaban J connectivity index is 1.46. The quantitative estimate of drug-likeness (QED) is 0.745. The fourth-order valence-electron chi connectivity index (χ4n) is 3.07. The molecule has 1 aromatic rings. The maximum Gasteiger partial charge on any atom is 0.422 e. The van der Waals surface area contributed by atoms with Gasteiger partial charge in [-0.1, -0.05) is 0 Å². The molecule has 2 aliphatic carbocycles. The number of rotatable bonds is 6. The lowest BCUT2D eigenvalue weighted by Crippen LogP contribution is -2.53. The van der Waals surface area contributed by atoms with Crippen molar-refractivity contribution in [3.63, 3.8) is 0 Å². The third kappa shape index (κ3) is 4.73. The van der Waals surface area contributed by atoms with Crippen LogP contribution in [0.2, 0.25) is 0 Å². The molecule has 26 heavy (non-hydrogen) atoms. The number of nitrogens with one attached hydrogen (secondary N) is 2. The van der Waals surface area contributed by atoms with Gasteiger partial charge in [0.1, 0.15) is 0 Å². The van der Waals surface area contributed by atoms with Crippen LogP contribution in [0.1, 0.15) is 31.2 Å². The average Bonchev–Trinajstić information content (AvgIpc) is 3.29. The molecule has 2 aliphatic rings. The summed E-state index contributed by atoms with van der Waals surface area (Å²) in [5, 5.41) is 5.33. The van der Waals surface area contributed by atoms with Gasteiger partial charge in [0.25, 0.3) is 0 Å². The topological polar surface area (TPSA) is 63.2 Å². The number of carbonyl (C=O) groups is 1. The van der Waals surface area contributed by atoms with Crippen LogP contribution >= 0.6 is 0 Å². The first-order valence-corrected chi connectivity index (χ1v) is 8.15. The van der Waals surface area contributed by atoms with Crippen LogP contribution in [0.4, 0.5) is 26.7 Å². The molecular weight excluding hydrogens is 361 g/mol. The number of urea groups is 1. The van der Waals surface area contributed by atoms with Gasteiger partial charge < -0.3 is 15.4 Å². The molecule has 10 heteroatoms. The van der Waals surface area contributed by atoms with Gasteiger partial charge in [0.05, 0.1) is 0 Å². The molecule has 0 atom stereocenters. The number of ether oxygens (including phenoxy) is 1. The second-order valence-corrected chi connectivity index (χ2v) is 6.83. The summed E-state index contributed by atoms with van der Waals surface area (Å²) in [4.78, 5) is 15.7. The number of hydrogen-bond donors (Lipinski definition) is 2. The first kappa shape index (κ1) is 18.7. The first-order valence-electron chi connectivity index (χ1n) is 8.15. The van der Waals surface area contributed by atoms with E-state index in [1.165, 1.54) is 18.3 Å². The monoisotopic (exact) mass is 379 g/mol. The summed E-state index contributed by atoms with van der Waals surface area (Å²) in [6.45, 7) is -1.40. The van der Waals surface area contributed by atoms with Crippen LogP contribution in [0.25, 0.3) is 0 Å². The van der Waals surface area contributed by atoms with Crippen molar-refractivity contribution in [2.24, 2.45) is 5.92 Å². The summed E-state index contributed by atoms with van der Waals surface area (Å²) in [6, 6.07) is 2.33.